The van der Waals surface area contributed by atoms with Crippen molar-refractivity contribution < 1.29 is 4.79 Å². The molecule has 22 heavy (non-hydrogen) atoms. The molecule has 8 heteroatoms. The van der Waals surface area contributed by atoms with E-state index in [2.05, 4.69) is 15.4 Å². The average molecular weight is 340 g/mol. The lowest BCUT2D eigenvalue weighted by molar-refractivity contribution is -0.125. The Hall–Kier alpha value is -1.70. The first-order chi connectivity index (χ1) is 10.5. The Morgan fingerprint density at radius 1 is 1.36 bits per heavy atom. The molecule has 0 aliphatic carbocycles. The minimum absolute atomic E-state index is 0.0292. The molecule has 1 amide bonds. The van der Waals surface area contributed by atoms with Crippen LogP contribution in [0.4, 0.5) is 5.69 Å². The van der Waals surface area contributed by atoms with Crippen molar-refractivity contribution in [1.82, 2.24) is 9.80 Å². The average Bonchev–Trinajstić information content (AvgIpc) is 2.47. The van der Waals surface area contributed by atoms with Gasteiger partial charge in [0.1, 0.15) is 4.99 Å². The number of likely N-dealkylation sites (N-methyl/N-ethyl adjacent to an activating group) is 1. The summed E-state index contributed by atoms with van der Waals surface area (Å²) in [6.07, 6.45) is 0. The highest BCUT2D eigenvalue weighted by Crippen LogP contribution is 2.14. The molecule has 0 unspecified atom stereocenters. The van der Waals surface area contributed by atoms with Gasteiger partial charge >= 0.3 is 0 Å². The molecule has 0 aromatic heterocycles. The van der Waals surface area contributed by atoms with Crippen LogP contribution in [0.3, 0.4) is 0 Å². The number of carbonyl (C=O) groups is 1. The highest BCUT2D eigenvalue weighted by atomic mass is 35.5. The largest absolute Gasteiger partial charge is 0.388 e. The second-order valence-electron chi connectivity index (χ2n) is 5.04. The third kappa shape index (κ3) is 4.40. The van der Waals surface area contributed by atoms with Crippen LogP contribution in [-0.4, -0.2) is 59.6 Å². The van der Waals surface area contributed by atoms with E-state index < -0.39 is 0 Å². The third-order valence-corrected chi connectivity index (χ3v) is 3.78. The second kappa shape index (κ2) is 7.53. The maximum absolute atomic E-state index is 12.5. The predicted octanol–water partition coefficient (Wildman–Crippen LogP) is 1.17. The van der Waals surface area contributed by atoms with E-state index in [0.717, 1.165) is 13.1 Å². The summed E-state index contributed by atoms with van der Waals surface area (Å²) in [5, 5.41) is 4.64. The SMILES string of the molecule is CN1CCN(C(=O)/C(=N\Nc2cccc(Cl)c2)C(N)=S)CC1. The number of nitrogens with one attached hydrogen (secondary N) is 1. The number of nitrogens with zero attached hydrogens (tertiary/aromatic N) is 3. The molecule has 1 aliphatic heterocycles. The number of amides is 1. The smallest absolute Gasteiger partial charge is 0.277 e. The topological polar surface area (TPSA) is 74.0 Å². The van der Waals surface area contributed by atoms with E-state index in [1.54, 1.807) is 29.2 Å². The number of benzene rings is 1. The molecule has 2 rings (SSSR count). The number of hydrazone groups is 1. The Balaban J connectivity index is 2.10. The van der Waals surface area contributed by atoms with Gasteiger partial charge in [-0.15, -0.1) is 0 Å². The van der Waals surface area contributed by atoms with Crippen LogP contribution in [0.1, 0.15) is 0 Å². The van der Waals surface area contributed by atoms with Crippen LogP contribution in [0.2, 0.25) is 5.02 Å². The highest BCUT2D eigenvalue weighted by molar-refractivity contribution is 7.82. The number of halogens is 1. The van der Waals surface area contributed by atoms with Gasteiger partial charge in [0.15, 0.2) is 5.71 Å². The van der Waals surface area contributed by atoms with E-state index in [1.807, 2.05) is 7.05 Å². The molecular formula is C14H18ClN5OS. The Labute approximate surface area is 139 Å². The van der Waals surface area contributed by atoms with Crippen molar-refractivity contribution in [3.8, 4) is 0 Å². The predicted molar refractivity (Wildman–Crippen MR) is 93.4 cm³/mol. The van der Waals surface area contributed by atoms with Crippen molar-refractivity contribution in [2.45, 2.75) is 0 Å². The maximum Gasteiger partial charge on any atom is 0.277 e. The summed E-state index contributed by atoms with van der Waals surface area (Å²) in [7, 11) is 2.02. The highest BCUT2D eigenvalue weighted by Gasteiger charge is 2.25. The van der Waals surface area contributed by atoms with Crippen molar-refractivity contribution in [1.29, 1.82) is 0 Å². The summed E-state index contributed by atoms with van der Waals surface area (Å²) in [4.78, 5) is 16.3. The second-order valence-corrected chi connectivity index (χ2v) is 5.92. The van der Waals surface area contributed by atoms with E-state index in [0.29, 0.717) is 23.8 Å². The number of hydrogen-bond acceptors (Lipinski definition) is 5. The molecular weight excluding hydrogens is 322 g/mol. The van der Waals surface area contributed by atoms with Crippen LogP contribution in [0, 0.1) is 0 Å². The van der Waals surface area contributed by atoms with Crippen LogP contribution in [0.5, 0.6) is 0 Å². The van der Waals surface area contributed by atoms with Gasteiger partial charge < -0.3 is 15.5 Å². The number of anilines is 1. The minimum atomic E-state index is -0.255. The molecule has 0 bridgehead atoms. The Morgan fingerprint density at radius 2 is 2.05 bits per heavy atom. The van der Waals surface area contributed by atoms with Crippen LogP contribution in [0.25, 0.3) is 0 Å². The molecule has 1 saturated heterocycles. The molecule has 118 valence electrons. The maximum atomic E-state index is 12.5. The number of hydrogen-bond donors (Lipinski definition) is 2. The van der Waals surface area contributed by atoms with Gasteiger partial charge in [0, 0.05) is 31.2 Å². The fourth-order valence-corrected chi connectivity index (χ4v) is 2.37. The van der Waals surface area contributed by atoms with Crippen molar-refractivity contribution in [3.05, 3.63) is 29.3 Å². The van der Waals surface area contributed by atoms with Gasteiger partial charge in [-0.05, 0) is 25.2 Å². The zero-order chi connectivity index (χ0) is 16.1. The van der Waals surface area contributed by atoms with Gasteiger partial charge in [0.25, 0.3) is 5.91 Å². The van der Waals surface area contributed by atoms with Gasteiger partial charge in [-0.1, -0.05) is 29.9 Å². The number of thiocarbonyl (C=S) groups is 1. The summed E-state index contributed by atoms with van der Waals surface area (Å²) in [6, 6.07) is 7.01. The number of carbonyl (C=O) groups excluding carboxylic acids is 1. The number of rotatable bonds is 4. The monoisotopic (exact) mass is 339 g/mol. The van der Waals surface area contributed by atoms with Crippen molar-refractivity contribution in [2.75, 3.05) is 38.7 Å². The van der Waals surface area contributed by atoms with Crippen LogP contribution in [0.15, 0.2) is 29.4 Å². The van der Waals surface area contributed by atoms with Crippen LogP contribution < -0.4 is 11.2 Å². The van der Waals surface area contributed by atoms with E-state index in [1.165, 1.54) is 0 Å². The molecule has 1 aliphatic rings. The first-order valence-corrected chi connectivity index (χ1v) is 7.63. The quantitative estimate of drug-likeness (QED) is 0.489. The van der Waals surface area contributed by atoms with E-state index in [4.69, 9.17) is 29.6 Å². The van der Waals surface area contributed by atoms with Crippen LogP contribution >= 0.6 is 23.8 Å². The molecule has 0 saturated carbocycles. The molecule has 1 fully saturated rings. The molecule has 1 aromatic rings. The zero-order valence-corrected chi connectivity index (χ0v) is 13.8. The molecule has 1 heterocycles. The summed E-state index contributed by atoms with van der Waals surface area (Å²) in [5.74, 6) is -0.255. The molecule has 0 radical (unpaired) electrons. The van der Waals surface area contributed by atoms with Gasteiger partial charge in [0.05, 0.1) is 5.69 Å². The summed E-state index contributed by atoms with van der Waals surface area (Å²) in [6.45, 7) is 2.90. The van der Waals surface area contributed by atoms with Gasteiger partial charge in [-0.25, -0.2) is 0 Å². The van der Waals surface area contributed by atoms with Crippen LogP contribution in [-0.2, 0) is 4.79 Å². The Kier molecular flexibility index (Phi) is 5.70. The van der Waals surface area contributed by atoms with E-state index in [9.17, 15) is 4.79 Å². The lowest BCUT2D eigenvalue weighted by atomic mass is 10.2. The van der Waals surface area contributed by atoms with Gasteiger partial charge in [-0.2, -0.15) is 5.10 Å². The minimum Gasteiger partial charge on any atom is -0.388 e. The normalized spacial score (nSPS) is 16.5. The van der Waals surface area contributed by atoms with Crippen molar-refractivity contribution >= 4 is 46.1 Å². The van der Waals surface area contributed by atoms with Crippen molar-refractivity contribution in [2.24, 2.45) is 10.8 Å². The lowest BCUT2D eigenvalue weighted by Gasteiger charge is -2.32. The number of nitrogens with two attached hydrogens (primary N) is 1. The van der Waals surface area contributed by atoms with Crippen molar-refractivity contribution in [3.63, 3.8) is 0 Å². The molecule has 3 N–H and O–H groups in total. The lowest BCUT2D eigenvalue weighted by Crippen LogP contribution is -2.51. The molecule has 0 spiro atoms. The molecule has 0 atom stereocenters. The number of piperazine rings is 1. The fourth-order valence-electron chi connectivity index (χ4n) is 2.05. The van der Waals surface area contributed by atoms with E-state index in [-0.39, 0.29) is 16.6 Å². The van der Waals surface area contributed by atoms with Gasteiger partial charge in [0.2, 0.25) is 0 Å². The Morgan fingerprint density at radius 3 is 2.64 bits per heavy atom. The van der Waals surface area contributed by atoms with Gasteiger partial charge in [-0.3, -0.25) is 10.2 Å². The standard InChI is InChI=1S/C14H18ClN5OS/c1-19-5-7-20(8-6-19)14(21)12(13(16)22)18-17-11-4-2-3-10(15)9-11/h2-4,9,17H,5-8H2,1H3,(H2,16,22)/b18-12-. The fraction of sp³-hybridized carbons (Fsp3) is 0.357. The first-order valence-electron chi connectivity index (χ1n) is 6.84. The molecule has 1 aromatic carbocycles. The molecule has 6 nitrogen and oxygen atoms in total. The summed E-state index contributed by atoms with van der Waals surface area (Å²) >= 11 is 10.9. The summed E-state index contributed by atoms with van der Waals surface area (Å²) in [5.41, 5.74) is 9.13. The Bertz CT molecular complexity index is 599. The van der Waals surface area contributed by atoms with E-state index >= 15 is 0 Å². The third-order valence-electron chi connectivity index (χ3n) is 3.35. The summed E-state index contributed by atoms with van der Waals surface area (Å²) < 4.78 is 0. The zero-order valence-electron chi connectivity index (χ0n) is 12.3. The first kappa shape index (κ1) is 16.7.